The van der Waals surface area contributed by atoms with Gasteiger partial charge in [-0.05, 0) is 49.9 Å². The lowest BCUT2D eigenvalue weighted by molar-refractivity contribution is 0.313. The first-order valence-corrected chi connectivity index (χ1v) is 10.1. The highest BCUT2D eigenvalue weighted by molar-refractivity contribution is 9.10. The summed E-state index contributed by atoms with van der Waals surface area (Å²) < 4.78 is 1.01. The molecule has 27 heavy (non-hydrogen) atoms. The molecule has 6 heteroatoms. The third kappa shape index (κ3) is 4.22. The Balaban J connectivity index is 1.50. The Hall–Kier alpha value is -2.18. The highest BCUT2D eigenvalue weighted by atomic mass is 79.9. The molecule has 0 saturated carbocycles. The average Bonchev–Trinajstić information content (AvgIpc) is 2.69. The predicted molar refractivity (Wildman–Crippen MR) is 115 cm³/mol. The fraction of sp³-hybridized carbons (Fsp3) is 0.333. The second kappa shape index (κ2) is 7.82. The molecule has 140 valence electrons. The molecule has 1 aliphatic heterocycles. The minimum absolute atomic E-state index is 0.152. The third-order valence-electron chi connectivity index (χ3n) is 5.11. The Morgan fingerprint density at radius 2 is 1.85 bits per heavy atom. The summed E-state index contributed by atoms with van der Waals surface area (Å²) in [5.74, 6) is 0.794. The molecule has 1 fully saturated rings. The lowest BCUT2D eigenvalue weighted by Crippen LogP contribution is -2.44. The molecular weight excluding hydrogens is 402 g/mol. The smallest absolute Gasteiger partial charge is 0.145 e. The quantitative estimate of drug-likeness (QED) is 0.674. The summed E-state index contributed by atoms with van der Waals surface area (Å²) in [4.78, 5) is 14.0. The molecule has 0 amide bonds. The van der Waals surface area contributed by atoms with Crippen LogP contribution in [0.2, 0.25) is 0 Å². The van der Waals surface area contributed by atoms with Crippen molar-refractivity contribution in [1.29, 1.82) is 0 Å². The number of fused-ring (bicyclic) bond motifs is 1. The van der Waals surface area contributed by atoms with E-state index in [9.17, 15) is 0 Å². The van der Waals surface area contributed by atoms with Crippen LogP contribution in [0.1, 0.15) is 18.5 Å². The van der Waals surface area contributed by atoms with Crippen molar-refractivity contribution in [3.05, 3.63) is 58.7 Å². The van der Waals surface area contributed by atoms with Crippen LogP contribution in [0.25, 0.3) is 11.0 Å². The highest BCUT2D eigenvalue weighted by Gasteiger charge is 2.15. The Labute approximate surface area is 168 Å². The molecule has 4 rings (SSSR count). The van der Waals surface area contributed by atoms with Crippen molar-refractivity contribution >= 4 is 38.5 Å². The van der Waals surface area contributed by atoms with Crippen molar-refractivity contribution < 1.29 is 0 Å². The number of aromatic nitrogens is 2. The van der Waals surface area contributed by atoms with Gasteiger partial charge >= 0.3 is 0 Å². The Morgan fingerprint density at radius 1 is 1.04 bits per heavy atom. The van der Waals surface area contributed by atoms with Gasteiger partial charge in [0, 0.05) is 36.3 Å². The van der Waals surface area contributed by atoms with E-state index in [0.29, 0.717) is 0 Å². The van der Waals surface area contributed by atoms with Crippen molar-refractivity contribution in [2.75, 3.05) is 43.4 Å². The van der Waals surface area contributed by atoms with Crippen LogP contribution in [-0.4, -0.2) is 48.1 Å². The maximum absolute atomic E-state index is 4.69. The number of nitrogens with one attached hydrogen (secondary N) is 1. The molecule has 1 unspecified atom stereocenters. The summed E-state index contributed by atoms with van der Waals surface area (Å²) >= 11 is 3.47. The molecule has 0 bridgehead atoms. The van der Waals surface area contributed by atoms with Gasteiger partial charge in [-0.1, -0.05) is 28.1 Å². The molecule has 1 atom stereocenters. The minimum atomic E-state index is 0.152. The lowest BCUT2D eigenvalue weighted by atomic mass is 10.1. The van der Waals surface area contributed by atoms with Gasteiger partial charge in [-0.15, -0.1) is 0 Å². The summed E-state index contributed by atoms with van der Waals surface area (Å²) in [7, 11) is 2.18. The molecule has 1 saturated heterocycles. The Morgan fingerprint density at radius 3 is 2.67 bits per heavy atom. The third-order valence-corrected chi connectivity index (χ3v) is 5.60. The number of anilines is 2. The fourth-order valence-electron chi connectivity index (χ4n) is 3.41. The normalized spacial score (nSPS) is 16.5. The lowest BCUT2D eigenvalue weighted by Gasteiger charge is -2.34. The number of likely N-dealkylation sites (N-methyl/N-ethyl adjacent to an activating group) is 1. The van der Waals surface area contributed by atoms with Gasteiger partial charge in [0.05, 0.1) is 23.3 Å². The standard InChI is InChI=1S/C21H24BrN5/c1-15(24-21-14-23-20-13-17(22)6-7-19(20)25-21)16-4-3-5-18(12-16)27-10-8-26(2)9-11-27/h3-7,12-15H,8-11H2,1-2H3,(H,24,25). The van der Waals surface area contributed by atoms with Crippen LogP contribution >= 0.6 is 15.9 Å². The first-order chi connectivity index (χ1) is 13.1. The van der Waals surface area contributed by atoms with Crippen molar-refractivity contribution in [2.24, 2.45) is 0 Å². The predicted octanol–water partition coefficient (Wildman–Crippen LogP) is 4.32. The monoisotopic (exact) mass is 425 g/mol. The zero-order valence-corrected chi connectivity index (χ0v) is 17.3. The van der Waals surface area contributed by atoms with Crippen LogP contribution in [-0.2, 0) is 0 Å². The van der Waals surface area contributed by atoms with E-state index in [2.05, 4.69) is 74.3 Å². The van der Waals surface area contributed by atoms with E-state index >= 15 is 0 Å². The number of hydrogen-bond acceptors (Lipinski definition) is 5. The first kappa shape index (κ1) is 18.2. The second-order valence-electron chi connectivity index (χ2n) is 7.14. The molecule has 5 nitrogen and oxygen atoms in total. The Kier molecular flexibility index (Phi) is 5.27. The van der Waals surface area contributed by atoms with Crippen molar-refractivity contribution in [2.45, 2.75) is 13.0 Å². The van der Waals surface area contributed by atoms with Gasteiger partial charge in [-0.2, -0.15) is 0 Å². The van der Waals surface area contributed by atoms with Gasteiger partial charge < -0.3 is 15.1 Å². The van der Waals surface area contributed by atoms with Crippen molar-refractivity contribution in [1.82, 2.24) is 14.9 Å². The first-order valence-electron chi connectivity index (χ1n) is 9.31. The summed E-state index contributed by atoms with van der Waals surface area (Å²) in [6, 6.07) is 14.9. The maximum Gasteiger partial charge on any atom is 0.145 e. The molecule has 3 aromatic rings. The van der Waals surface area contributed by atoms with Gasteiger partial charge in [0.2, 0.25) is 0 Å². The molecule has 2 heterocycles. The van der Waals surface area contributed by atoms with Crippen LogP contribution in [0, 0.1) is 0 Å². The topological polar surface area (TPSA) is 44.3 Å². The van der Waals surface area contributed by atoms with Crippen LogP contribution in [0.4, 0.5) is 11.5 Å². The van der Waals surface area contributed by atoms with Gasteiger partial charge in [0.15, 0.2) is 0 Å². The average molecular weight is 426 g/mol. The van der Waals surface area contributed by atoms with Crippen LogP contribution < -0.4 is 10.2 Å². The van der Waals surface area contributed by atoms with Gasteiger partial charge in [0.25, 0.3) is 0 Å². The van der Waals surface area contributed by atoms with Crippen LogP contribution in [0.5, 0.6) is 0 Å². The van der Waals surface area contributed by atoms with E-state index in [0.717, 1.165) is 47.5 Å². The number of hydrogen-bond donors (Lipinski definition) is 1. The van der Waals surface area contributed by atoms with Crippen molar-refractivity contribution in [3.8, 4) is 0 Å². The fourth-order valence-corrected chi connectivity index (χ4v) is 3.76. The molecule has 1 aliphatic rings. The van der Waals surface area contributed by atoms with E-state index in [1.165, 1.54) is 11.3 Å². The highest BCUT2D eigenvalue weighted by Crippen LogP contribution is 2.25. The van der Waals surface area contributed by atoms with Gasteiger partial charge in [-0.3, -0.25) is 4.98 Å². The molecule has 0 aliphatic carbocycles. The van der Waals surface area contributed by atoms with Gasteiger partial charge in [-0.25, -0.2) is 4.98 Å². The number of halogens is 1. The van der Waals surface area contributed by atoms with E-state index in [4.69, 9.17) is 4.98 Å². The van der Waals surface area contributed by atoms with Gasteiger partial charge in [0.1, 0.15) is 5.82 Å². The molecule has 1 aromatic heterocycles. The van der Waals surface area contributed by atoms with E-state index < -0.39 is 0 Å². The number of nitrogens with zero attached hydrogens (tertiary/aromatic N) is 4. The molecule has 0 radical (unpaired) electrons. The van der Waals surface area contributed by atoms with E-state index in [1.54, 1.807) is 6.20 Å². The number of piperazine rings is 1. The largest absolute Gasteiger partial charge is 0.369 e. The summed E-state index contributed by atoms with van der Waals surface area (Å²) in [5, 5.41) is 3.49. The molecule has 1 N–H and O–H groups in total. The zero-order chi connectivity index (χ0) is 18.8. The summed E-state index contributed by atoms with van der Waals surface area (Å²) in [6.07, 6.45) is 1.80. The Bertz CT molecular complexity index is 937. The number of benzene rings is 2. The molecular formula is C21H24BrN5. The zero-order valence-electron chi connectivity index (χ0n) is 15.7. The molecule has 2 aromatic carbocycles. The second-order valence-corrected chi connectivity index (χ2v) is 8.06. The maximum atomic E-state index is 4.69. The SMILES string of the molecule is CC(Nc1cnc2cc(Br)ccc2n1)c1cccc(N2CCN(C)CC2)c1. The van der Waals surface area contributed by atoms with Crippen LogP contribution in [0.3, 0.4) is 0 Å². The summed E-state index contributed by atoms with van der Waals surface area (Å²) in [6.45, 7) is 6.54. The van der Waals surface area contributed by atoms with Crippen molar-refractivity contribution in [3.63, 3.8) is 0 Å². The van der Waals surface area contributed by atoms with E-state index in [1.807, 2.05) is 18.2 Å². The van der Waals surface area contributed by atoms with Crippen LogP contribution in [0.15, 0.2) is 53.1 Å². The van der Waals surface area contributed by atoms with E-state index in [-0.39, 0.29) is 6.04 Å². The molecule has 0 spiro atoms. The number of rotatable bonds is 4. The minimum Gasteiger partial charge on any atom is -0.369 e. The summed E-state index contributed by atoms with van der Waals surface area (Å²) in [5.41, 5.74) is 4.33.